The standard InChI is InChI=1S/C22H17NS2/c24-25-23-13-17-11-9-15-5-1-3-7-19(15)21(17)22-18(14-23)12-10-16-6-2-4-8-20(16)22/h1-12,24H,13-14H2. The number of nitrogens with zero attached hydrogens (tertiary/aromatic N) is 1. The van der Waals surface area contributed by atoms with Gasteiger partial charge in [-0.05, 0) is 54.8 Å². The van der Waals surface area contributed by atoms with Crippen LogP contribution in [-0.2, 0) is 13.1 Å². The van der Waals surface area contributed by atoms with Crippen molar-refractivity contribution in [1.29, 1.82) is 0 Å². The zero-order chi connectivity index (χ0) is 16.8. The molecule has 0 fully saturated rings. The minimum Gasteiger partial charge on any atom is -0.233 e. The number of rotatable bonds is 1. The molecule has 0 atom stereocenters. The molecule has 0 spiro atoms. The third-order valence-corrected chi connectivity index (χ3v) is 6.27. The fraction of sp³-hybridized carbons (Fsp3) is 0.0909. The molecule has 1 nitrogen and oxygen atoms in total. The van der Waals surface area contributed by atoms with Crippen molar-refractivity contribution in [2.24, 2.45) is 0 Å². The van der Waals surface area contributed by atoms with E-state index in [4.69, 9.17) is 0 Å². The van der Waals surface area contributed by atoms with Crippen molar-refractivity contribution < 1.29 is 0 Å². The van der Waals surface area contributed by atoms with Crippen LogP contribution in [0.4, 0.5) is 0 Å². The predicted octanol–water partition coefficient (Wildman–Crippen LogP) is 6.47. The molecular formula is C22H17NS2. The number of benzene rings is 4. The summed E-state index contributed by atoms with van der Waals surface area (Å²) in [6.45, 7) is 1.80. The van der Waals surface area contributed by atoms with Gasteiger partial charge >= 0.3 is 0 Å². The van der Waals surface area contributed by atoms with Crippen molar-refractivity contribution in [3.05, 3.63) is 83.9 Å². The lowest BCUT2D eigenvalue weighted by atomic mass is 9.88. The minimum absolute atomic E-state index is 0.900. The molecule has 1 heterocycles. The summed E-state index contributed by atoms with van der Waals surface area (Å²) in [5, 5.41) is 5.27. The largest absolute Gasteiger partial charge is 0.233 e. The Morgan fingerprint density at radius 2 is 1.12 bits per heavy atom. The topological polar surface area (TPSA) is 3.24 Å². The lowest BCUT2D eigenvalue weighted by Gasteiger charge is -2.16. The van der Waals surface area contributed by atoms with Gasteiger partial charge in [-0.15, -0.1) is 0 Å². The molecule has 0 amide bonds. The van der Waals surface area contributed by atoms with Crippen molar-refractivity contribution in [3.63, 3.8) is 0 Å². The van der Waals surface area contributed by atoms with Crippen LogP contribution in [0.15, 0.2) is 72.8 Å². The molecule has 4 aromatic rings. The normalized spacial score (nSPS) is 14.3. The van der Waals surface area contributed by atoms with E-state index in [0.717, 1.165) is 13.1 Å². The zero-order valence-corrected chi connectivity index (χ0v) is 15.4. The Labute approximate surface area is 156 Å². The summed E-state index contributed by atoms with van der Waals surface area (Å²) in [4.78, 5) is 0. The molecule has 1 aliphatic rings. The number of hydrogen-bond donors (Lipinski definition) is 1. The number of fused-ring (bicyclic) bond motifs is 7. The van der Waals surface area contributed by atoms with Crippen LogP contribution in [0.2, 0.25) is 0 Å². The molecular weight excluding hydrogens is 342 g/mol. The maximum Gasteiger partial charge on any atom is 0.0358 e. The van der Waals surface area contributed by atoms with Crippen LogP contribution in [-0.4, -0.2) is 4.31 Å². The van der Waals surface area contributed by atoms with Crippen molar-refractivity contribution in [2.45, 2.75) is 13.1 Å². The molecule has 0 saturated carbocycles. The molecule has 25 heavy (non-hydrogen) atoms. The summed E-state index contributed by atoms with van der Waals surface area (Å²) in [5.74, 6) is 0. The van der Waals surface area contributed by atoms with Crippen LogP contribution in [0.3, 0.4) is 0 Å². The second-order valence-electron chi connectivity index (χ2n) is 6.52. The Kier molecular flexibility index (Phi) is 3.74. The third-order valence-electron chi connectivity index (χ3n) is 5.09. The minimum atomic E-state index is 0.900. The Balaban J connectivity index is 1.97. The second-order valence-corrected chi connectivity index (χ2v) is 7.69. The monoisotopic (exact) mass is 359 g/mol. The second kappa shape index (κ2) is 6.10. The van der Waals surface area contributed by atoms with Gasteiger partial charge in [0.2, 0.25) is 0 Å². The van der Waals surface area contributed by atoms with Gasteiger partial charge in [0, 0.05) is 13.1 Å². The highest BCUT2D eigenvalue weighted by Crippen LogP contribution is 2.43. The fourth-order valence-electron chi connectivity index (χ4n) is 3.98. The SMILES string of the molecule is SSN1Cc2ccc3ccccc3c2-c2c(ccc3ccccc23)C1. The summed E-state index contributed by atoms with van der Waals surface area (Å²) < 4.78 is 2.32. The summed E-state index contributed by atoms with van der Waals surface area (Å²) in [6.07, 6.45) is 0. The summed E-state index contributed by atoms with van der Waals surface area (Å²) in [6, 6.07) is 26.5. The van der Waals surface area contributed by atoms with Gasteiger partial charge < -0.3 is 0 Å². The van der Waals surface area contributed by atoms with Crippen LogP contribution in [0.1, 0.15) is 11.1 Å². The van der Waals surface area contributed by atoms with Crippen LogP contribution in [0.25, 0.3) is 32.7 Å². The van der Waals surface area contributed by atoms with E-state index in [1.165, 1.54) is 54.8 Å². The first-order chi connectivity index (χ1) is 12.3. The highest BCUT2D eigenvalue weighted by atomic mass is 33.1. The predicted molar refractivity (Wildman–Crippen MR) is 113 cm³/mol. The van der Waals surface area contributed by atoms with Gasteiger partial charge in [-0.25, -0.2) is 4.31 Å². The first-order valence-corrected chi connectivity index (χ1v) is 10.3. The quantitative estimate of drug-likeness (QED) is 0.236. The average Bonchev–Trinajstić information content (AvgIpc) is 2.84. The molecule has 0 bridgehead atoms. The molecule has 0 saturated heterocycles. The van der Waals surface area contributed by atoms with E-state index in [2.05, 4.69) is 88.8 Å². The van der Waals surface area contributed by atoms with Crippen molar-refractivity contribution in [3.8, 4) is 11.1 Å². The van der Waals surface area contributed by atoms with E-state index in [0.29, 0.717) is 0 Å². The van der Waals surface area contributed by atoms with Gasteiger partial charge in [0.1, 0.15) is 0 Å². The Hall–Kier alpha value is -1.94. The third kappa shape index (κ3) is 2.46. The van der Waals surface area contributed by atoms with E-state index in [1.807, 2.05) is 0 Å². The van der Waals surface area contributed by atoms with Gasteiger partial charge in [0.05, 0.1) is 0 Å². The van der Waals surface area contributed by atoms with Crippen molar-refractivity contribution in [1.82, 2.24) is 4.31 Å². The highest BCUT2D eigenvalue weighted by Gasteiger charge is 2.22. The summed E-state index contributed by atoms with van der Waals surface area (Å²) in [5.41, 5.74) is 5.51. The van der Waals surface area contributed by atoms with Gasteiger partial charge in [-0.2, -0.15) is 0 Å². The smallest absolute Gasteiger partial charge is 0.0358 e. The molecule has 0 aromatic heterocycles. The van der Waals surface area contributed by atoms with E-state index >= 15 is 0 Å². The zero-order valence-electron chi connectivity index (χ0n) is 13.6. The van der Waals surface area contributed by atoms with Crippen LogP contribution >= 0.6 is 22.6 Å². The lowest BCUT2D eigenvalue weighted by Crippen LogP contribution is -2.11. The molecule has 122 valence electrons. The summed E-state index contributed by atoms with van der Waals surface area (Å²) in [7, 11) is 1.52. The molecule has 3 heteroatoms. The molecule has 5 rings (SSSR count). The van der Waals surface area contributed by atoms with Gasteiger partial charge in [-0.3, -0.25) is 0 Å². The van der Waals surface area contributed by atoms with E-state index in [-0.39, 0.29) is 0 Å². The van der Waals surface area contributed by atoms with Crippen LogP contribution in [0, 0.1) is 0 Å². The van der Waals surface area contributed by atoms with Crippen LogP contribution < -0.4 is 0 Å². The first-order valence-electron chi connectivity index (χ1n) is 8.43. The molecule has 0 unspecified atom stereocenters. The Bertz CT molecular complexity index is 1020. The lowest BCUT2D eigenvalue weighted by molar-refractivity contribution is 0.473. The Morgan fingerprint density at radius 1 is 0.640 bits per heavy atom. The molecule has 0 N–H and O–H groups in total. The molecule has 0 radical (unpaired) electrons. The summed E-state index contributed by atoms with van der Waals surface area (Å²) >= 11 is 4.48. The average molecular weight is 360 g/mol. The van der Waals surface area contributed by atoms with Gasteiger partial charge in [-0.1, -0.05) is 84.5 Å². The van der Waals surface area contributed by atoms with E-state index < -0.39 is 0 Å². The number of thiol groups is 1. The maximum absolute atomic E-state index is 4.48. The molecule has 4 aromatic carbocycles. The maximum atomic E-state index is 4.48. The highest BCUT2D eigenvalue weighted by molar-refractivity contribution is 8.67. The molecule has 1 aliphatic heterocycles. The first kappa shape index (κ1) is 15.3. The van der Waals surface area contributed by atoms with Crippen LogP contribution in [0.5, 0.6) is 0 Å². The molecule has 0 aliphatic carbocycles. The van der Waals surface area contributed by atoms with E-state index in [1.54, 1.807) is 0 Å². The van der Waals surface area contributed by atoms with Gasteiger partial charge in [0.15, 0.2) is 0 Å². The number of hydrogen-bond acceptors (Lipinski definition) is 3. The van der Waals surface area contributed by atoms with Gasteiger partial charge in [0.25, 0.3) is 0 Å². The fourth-order valence-corrected chi connectivity index (χ4v) is 4.72. The Morgan fingerprint density at radius 3 is 1.60 bits per heavy atom. The van der Waals surface area contributed by atoms with Crippen molar-refractivity contribution >= 4 is 44.2 Å². The van der Waals surface area contributed by atoms with Crippen molar-refractivity contribution in [2.75, 3.05) is 0 Å². The van der Waals surface area contributed by atoms with E-state index in [9.17, 15) is 0 Å².